The molecule has 0 aliphatic carbocycles. The number of hydrogen-bond acceptors (Lipinski definition) is 3. The summed E-state index contributed by atoms with van der Waals surface area (Å²) in [6.07, 6.45) is 1.04. The van der Waals surface area contributed by atoms with Gasteiger partial charge in [-0.05, 0) is 42.8 Å². The van der Waals surface area contributed by atoms with Crippen LogP contribution in [0.1, 0.15) is 13.3 Å². The average Bonchev–Trinajstić information content (AvgIpc) is 2.38. The van der Waals surface area contributed by atoms with Crippen LogP contribution in [0.15, 0.2) is 36.4 Å². The van der Waals surface area contributed by atoms with Gasteiger partial charge in [-0.2, -0.15) is 0 Å². The average molecular weight is 231 g/mol. The van der Waals surface area contributed by atoms with Gasteiger partial charge in [-0.1, -0.05) is 6.92 Å². The summed E-state index contributed by atoms with van der Waals surface area (Å²) in [6.45, 7) is 2.97. The van der Waals surface area contributed by atoms with Gasteiger partial charge in [-0.25, -0.2) is 4.39 Å². The van der Waals surface area contributed by atoms with Gasteiger partial charge in [-0.3, -0.25) is 0 Å². The first-order chi connectivity index (χ1) is 8.29. The lowest BCUT2D eigenvalue weighted by Gasteiger charge is -2.04. The minimum atomic E-state index is -0.247. The third-order valence-corrected chi connectivity index (χ3v) is 2.36. The molecule has 0 radical (unpaired) electrons. The molecule has 0 amide bonds. The first kappa shape index (κ1) is 11.5. The first-order valence-corrected chi connectivity index (χ1v) is 5.63. The standard InChI is InChI=1S/C13H14FN3/c1-2-9-15-13-8-7-12(16-17-13)10-3-5-11(14)6-4-10/h3-8H,2,9H2,1H3,(H,15,17). The van der Waals surface area contributed by atoms with Gasteiger partial charge in [0.1, 0.15) is 11.6 Å². The van der Waals surface area contributed by atoms with Gasteiger partial charge in [0.25, 0.3) is 0 Å². The first-order valence-electron chi connectivity index (χ1n) is 5.63. The minimum Gasteiger partial charge on any atom is -0.369 e. The van der Waals surface area contributed by atoms with Crippen LogP contribution in [-0.2, 0) is 0 Å². The molecule has 1 aromatic carbocycles. The van der Waals surface area contributed by atoms with Crippen molar-refractivity contribution in [3.63, 3.8) is 0 Å². The fourth-order valence-corrected chi connectivity index (χ4v) is 1.45. The molecular weight excluding hydrogens is 217 g/mol. The second-order valence-electron chi connectivity index (χ2n) is 3.74. The van der Waals surface area contributed by atoms with Crippen LogP contribution in [0.2, 0.25) is 0 Å². The highest BCUT2D eigenvalue weighted by Crippen LogP contribution is 2.17. The van der Waals surface area contributed by atoms with E-state index in [1.54, 1.807) is 12.1 Å². The predicted octanol–water partition coefficient (Wildman–Crippen LogP) is 3.10. The maximum absolute atomic E-state index is 12.8. The number of nitrogens with one attached hydrogen (secondary N) is 1. The fraction of sp³-hybridized carbons (Fsp3) is 0.231. The number of benzene rings is 1. The molecule has 88 valence electrons. The van der Waals surface area contributed by atoms with Gasteiger partial charge < -0.3 is 5.32 Å². The molecule has 0 unspecified atom stereocenters. The Morgan fingerprint density at radius 3 is 2.41 bits per heavy atom. The van der Waals surface area contributed by atoms with E-state index >= 15 is 0 Å². The topological polar surface area (TPSA) is 37.8 Å². The Balaban J connectivity index is 2.14. The lowest BCUT2D eigenvalue weighted by Crippen LogP contribution is -2.02. The molecule has 2 rings (SSSR count). The SMILES string of the molecule is CCCNc1ccc(-c2ccc(F)cc2)nn1. The third kappa shape index (κ3) is 3.00. The Kier molecular flexibility index (Phi) is 3.65. The molecule has 0 bridgehead atoms. The summed E-state index contributed by atoms with van der Waals surface area (Å²) < 4.78 is 12.8. The lowest BCUT2D eigenvalue weighted by atomic mass is 10.1. The number of aromatic nitrogens is 2. The lowest BCUT2D eigenvalue weighted by molar-refractivity contribution is 0.628. The van der Waals surface area contributed by atoms with Crippen LogP contribution < -0.4 is 5.32 Å². The van der Waals surface area contributed by atoms with Gasteiger partial charge >= 0.3 is 0 Å². The van der Waals surface area contributed by atoms with Gasteiger partial charge in [0.2, 0.25) is 0 Å². The quantitative estimate of drug-likeness (QED) is 0.878. The van der Waals surface area contributed by atoms with Crippen molar-refractivity contribution in [3.8, 4) is 11.3 Å². The molecule has 2 aromatic rings. The maximum atomic E-state index is 12.8. The van der Waals surface area contributed by atoms with Crippen molar-refractivity contribution in [1.29, 1.82) is 0 Å². The molecule has 0 saturated heterocycles. The van der Waals surface area contributed by atoms with Crippen molar-refractivity contribution in [2.45, 2.75) is 13.3 Å². The summed E-state index contributed by atoms with van der Waals surface area (Å²) in [7, 11) is 0. The number of halogens is 1. The predicted molar refractivity (Wildman–Crippen MR) is 66.2 cm³/mol. The second-order valence-corrected chi connectivity index (χ2v) is 3.74. The number of rotatable bonds is 4. The van der Waals surface area contributed by atoms with Crippen LogP contribution in [-0.4, -0.2) is 16.7 Å². The molecule has 1 aromatic heterocycles. The zero-order valence-corrected chi connectivity index (χ0v) is 9.65. The zero-order valence-electron chi connectivity index (χ0n) is 9.65. The molecule has 4 heteroatoms. The van der Waals surface area contributed by atoms with Crippen molar-refractivity contribution in [1.82, 2.24) is 10.2 Å². The van der Waals surface area contributed by atoms with E-state index < -0.39 is 0 Å². The van der Waals surface area contributed by atoms with E-state index in [0.29, 0.717) is 0 Å². The zero-order chi connectivity index (χ0) is 12.1. The summed E-state index contributed by atoms with van der Waals surface area (Å²) in [5, 5.41) is 11.3. The van der Waals surface area contributed by atoms with Crippen LogP contribution in [0.4, 0.5) is 10.2 Å². The van der Waals surface area contributed by atoms with Gasteiger partial charge in [0.05, 0.1) is 5.69 Å². The van der Waals surface area contributed by atoms with E-state index in [0.717, 1.165) is 30.0 Å². The Morgan fingerprint density at radius 1 is 1.06 bits per heavy atom. The van der Waals surface area contributed by atoms with E-state index in [1.807, 2.05) is 12.1 Å². The Morgan fingerprint density at radius 2 is 1.82 bits per heavy atom. The highest BCUT2D eigenvalue weighted by Gasteiger charge is 2.00. The highest BCUT2D eigenvalue weighted by atomic mass is 19.1. The number of anilines is 1. The van der Waals surface area contributed by atoms with E-state index in [9.17, 15) is 4.39 Å². The molecule has 0 spiro atoms. The molecule has 1 heterocycles. The van der Waals surface area contributed by atoms with Crippen LogP contribution in [0.5, 0.6) is 0 Å². The smallest absolute Gasteiger partial charge is 0.148 e. The molecule has 1 N–H and O–H groups in total. The minimum absolute atomic E-state index is 0.247. The van der Waals surface area contributed by atoms with Crippen molar-refractivity contribution in [2.75, 3.05) is 11.9 Å². The van der Waals surface area contributed by atoms with E-state index in [-0.39, 0.29) is 5.82 Å². The Labute approximate surface area is 99.7 Å². The van der Waals surface area contributed by atoms with Crippen LogP contribution >= 0.6 is 0 Å². The molecule has 3 nitrogen and oxygen atoms in total. The molecule has 0 aliphatic heterocycles. The van der Waals surface area contributed by atoms with Gasteiger partial charge in [0, 0.05) is 12.1 Å². The summed E-state index contributed by atoms with van der Waals surface area (Å²) in [4.78, 5) is 0. The van der Waals surface area contributed by atoms with Crippen molar-refractivity contribution < 1.29 is 4.39 Å². The maximum Gasteiger partial charge on any atom is 0.148 e. The van der Waals surface area contributed by atoms with Gasteiger partial charge in [-0.15, -0.1) is 10.2 Å². The molecule has 17 heavy (non-hydrogen) atoms. The Bertz CT molecular complexity index is 465. The van der Waals surface area contributed by atoms with Crippen molar-refractivity contribution in [3.05, 3.63) is 42.2 Å². The summed E-state index contributed by atoms with van der Waals surface area (Å²) in [5.74, 6) is 0.514. The Hall–Kier alpha value is -1.97. The van der Waals surface area contributed by atoms with Gasteiger partial charge in [0.15, 0.2) is 0 Å². The summed E-state index contributed by atoms with van der Waals surface area (Å²) >= 11 is 0. The number of hydrogen-bond donors (Lipinski definition) is 1. The second kappa shape index (κ2) is 5.39. The summed E-state index contributed by atoms with van der Waals surface area (Å²) in [5.41, 5.74) is 1.60. The largest absolute Gasteiger partial charge is 0.369 e. The highest BCUT2D eigenvalue weighted by molar-refractivity contribution is 5.59. The number of nitrogens with zero attached hydrogens (tertiary/aromatic N) is 2. The monoisotopic (exact) mass is 231 g/mol. The van der Waals surface area contributed by atoms with Crippen LogP contribution in [0.3, 0.4) is 0 Å². The molecule has 0 saturated carbocycles. The normalized spacial score (nSPS) is 10.2. The summed E-state index contributed by atoms with van der Waals surface area (Å²) in [6, 6.07) is 9.97. The molecule has 0 fully saturated rings. The van der Waals surface area contributed by atoms with Crippen molar-refractivity contribution >= 4 is 5.82 Å². The molecule has 0 aliphatic rings. The molecular formula is C13H14FN3. The van der Waals surface area contributed by atoms with E-state index in [2.05, 4.69) is 22.4 Å². The third-order valence-electron chi connectivity index (χ3n) is 2.36. The fourth-order valence-electron chi connectivity index (χ4n) is 1.45. The van der Waals surface area contributed by atoms with Crippen LogP contribution in [0.25, 0.3) is 11.3 Å². The van der Waals surface area contributed by atoms with Crippen molar-refractivity contribution in [2.24, 2.45) is 0 Å². The van der Waals surface area contributed by atoms with E-state index in [4.69, 9.17) is 0 Å². The van der Waals surface area contributed by atoms with Crippen LogP contribution in [0, 0.1) is 5.82 Å². The molecule has 0 atom stereocenters. The van der Waals surface area contributed by atoms with E-state index in [1.165, 1.54) is 12.1 Å².